The standard InChI is InChI=1S/C18H32N4O3.HI/c1-4-15-13-17(25-21-15)14-20-18(19-5-2)22-9-7-16(8-10-22)24-12-6-11-23-3;/h13,16H,4-12,14H2,1-3H3,(H,19,20);1H. The molecule has 0 spiro atoms. The first-order valence-electron chi connectivity index (χ1n) is 9.35. The molecule has 1 saturated heterocycles. The van der Waals surface area contributed by atoms with Crippen LogP contribution in [0.3, 0.4) is 0 Å². The number of aryl methyl sites for hydroxylation is 1. The van der Waals surface area contributed by atoms with E-state index in [4.69, 9.17) is 19.0 Å². The second-order valence-corrected chi connectivity index (χ2v) is 6.21. The number of hydrogen-bond acceptors (Lipinski definition) is 5. The number of nitrogens with one attached hydrogen (secondary N) is 1. The second-order valence-electron chi connectivity index (χ2n) is 6.21. The molecular formula is C18H33IN4O3. The van der Waals surface area contributed by atoms with E-state index in [0.29, 0.717) is 12.6 Å². The van der Waals surface area contributed by atoms with E-state index in [-0.39, 0.29) is 24.0 Å². The van der Waals surface area contributed by atoms with E-state index in [9.17, 15) is 0 Å². The molecule has 2 rings (SSSR count). The summed E-state index contributed by atoms with van der Waals surface area (Å²) in [7, 11) is 1.72. The molecule has 0 saturated carbocycles. The van der Waals surface area contributed by atoms with E-state index in [1.54, 1.807) is 7.11 Å². The van der Waals surface area contributed by atoms with Crippen molar-refractivity contribution in [3.63, 3.8) is 0 Å². The van der Waals surface area contributed by atoms with Crippen LogP contribution in [0.4, 0.5) is 0 Å². The molecule has 0 amide bonds. The summed E-state index contributed by atoms with van der Waals surface area (Å²) in [5.41, 5.74) is 0.974. The number of nitrogens with zero attached hydrogens (tertiary/aromatic N) is 3. The van der Waals surface area contributed by atoms with Gasteiger partial charge in [-0.05, 0) is 32.6 Å². The maximum atomic E-state index is 5.93. The van der Waals surface area contributed by atoms with Gasteiger partial charge in [0, 0.05) is 46.0 Å². The molecule has 1 aromatic heterocycles. The van der Waals surface area contributed by atoms with Crippen LogP contribution in [0, 0.1) is 0 Å². The topological polar surface area (TPSA) is 72.1 Å². The third-order valence-electron chi connectivity index (χ3n) is 4.28. The number of guanidine groups is 1. The zero-order chi connectivity index (χ0) is 17.9. The monoisotopic (exact) mass is 480 g/mol. The molecule has 2 heterocycles. The molecule has 1 aliphatic rings. The molecule has 7 nitrogen and oxygen atoms in total. The average molecular weight is 480 g/mol. The van der Waals surface area contributed by atoms with Crippen LogP contribution < -0.4 is 5.32 Å². The van der Waals surface area contributed by atoms with Crippen LogP contribution >= 0.6 is 24.0 Å². The van der Waals surface area contributed by atoms with Crippen molar-refractivity contribution in [3.05, 3.63) is 17.5 Å². The lowest BCUT2D eigenvalue weighted by Crippen LogP contribution is -2.47. The number of rotatable bonds is 9. The lowest BCUT2D eigenvalue weighted by molar-refractivity contribution is 0.00989. The second kappa shape index (κ2) is 13.3. The fourth-order valence-corrected chi connectivity index (χ4v) is 2.86. The van der Waals surface area contributed by atoms with Crippen molar-refractivity contribution in [3.8, 4) is 0 Å². The molecule has 8 heteroatoms. The van der Waals surface area contributed by atoms with Crippen molar-refractivity contribution < 1.29 is 14.0 Å². The Morgan fingerprint density at radius 3 is 2.73 bits per heavy atom. The minimum absolute atomic E-state index is 0. The van der Waals surface area contributed by atoms with Crippen LogP contribution in [-0.2, 0) is 22.4 Å². The number of methoxy groups -OCH3 is 1. The van der Waals surface area contributed by atoms with Crippen LogP contribution in [-0.4, -0.2) is 62.1 Å². The van der Waals surface area contributed by atoms with Gasteiger partial charge in [0.1, 0.15) is 6.54 Å². The summed E-state index contributed by atoms with van der Waals surface area (Å²) in [5, 5.41) is 7.39. The Hall–Kier alpha value is -0.870. The minimum Gasteiger partial charge on any atom is -0.385 e. The summed E-state index contributed by atoms with van der Waals surface area (Å²) in [6.45, 7) is 8.97. The minimum atomic E-state index is 0. The van der Waals surface area contributed by atoms with Crippen LogP contribution in [0.15, 0.2) is 15.6 Å². The first-order chi connectivity index (χ1) is 12.3. The average Bonchev–Trinajstić information content (AvgIpc) is 3.11. The van der Waals surface area contributed by atoms with Gasteiger partial charge >= 0.3 is 0 Å². The van der Waals surface area contributed by atoms with Crippen LogP contribution in [0.5, 0.6) is 0 Å². The SMILES string of the molecule is CCNC(=NCc1cc(CC)no1)N1CCC(OCCCOC)CC1.I. The highest BCUT2D eigenvalue weighted by atomic mass is 127. The molecule has 1 aromatic rings. The summed E-state index contributed by atoms with van der Waals surface area (Å²) < 4.78 is 16.3. The van der Waals surface area contributed by atoms with E-state index < -0.39 is 0 Å². The Balaban J connectivity index is 0.00000338. The molecular weight excluding hydrogens is 447 g/mol. The van der Waals surface area contributed by atoms with Gasteiger partial charge in [-0.1, -0.05) is 12.1 Å². The number of hydrogen-bond donors (Lipinski definition) is 1. The van der Waals surface area contributed by atoms with E-state index in [2.05, 4.69) is 29.2 Å². The van der Waals surface area contributed by atoms with Gasteiger partial charge in [-0.2, -0.15) is 0 Å². The highest BCUT2D eigenvalue weighted by molar-refractivity contribution is 14.0. The van der Waals surface area contributed by atoms with Crippen molar-refractivity contribution in [1.82, 2.24) is 15.4 Å². The normalized spacial score (nSPS) is 15.8. The first kappa shape index (κ1) is 23.2. The summed E-state index contributed by atoms with van der Waals surface area (Å²) in [6.07, 6.45) is 4.24. The summed E-state index contributed by atoms with van der Waals surface area (Å²) >= 11 is 0. The largest absolute Gasteiger partial charge is 0.385 e. The third-order valence-corrected chi connectivity index (χ3v) is 4.28. The zero-order valence-corrected chi connectivity index (χ0v) is 18.5. The maximum absolute atomic E-state index is 5.93. The van der Waals surface area contributed by atoms with Gasteiger partial charge in [0.05, 0.1) is 11.8 Å². The van der Waals surface area contributed by atoms with Gasteiger partial charge in [0.25, 0.3) is 0 Å². The summed E-state index contributed by atoms with van der Waals surface area (Å²) in [5.74, 6) is 1.75. The number of likely N-dealkylation sites (tertiary alicyclic amines) is 1. The molecule has 1 fully saturated rings. The maximum Gasteiger partial charge on any atom is 0.194 e. The molecule has 0 radical (unpaired) electrons. The molecule has 1 N–H and O–H groups in total. The number of ether oxygens (including phenoxy) is 2. The van der Waals surface area contributed by atoms with Crippen LogP contribution in [0.1, 0.15) is 44.6 Å². The Morgan fingerprint density at radius 1 is 1.35 bits per heavy atom. The van der Waals surface area contributed by atoms with Crippen molar-refractivity contribution in [2.45, 2.75) is 52.2 Å². The summed E-state index contributed by atoms with van der Waals surface area (Å²) in [6, 6.07) is 1.98. The van der Waals surface area contributed by atoms with E-state index in [1.807, 2.05) is 6.07 Å². The smallest absolute Gasteiger partial charge is 0.194 e. The molecule has 0 bridgehead atoms. The molecule has 150 valence electrons. The number of piperidine rings is 1. The molecule has 0 atom stereocenters. The van der Waals surface area contributed by atoms with Gasteiger partial charge in [-0.3, -0.25) is 0 Å². The van der Waals surface area contributed by atoms with Crippen molar-refractivity contribution >= 4 is 29.9 Å². The Kier molecular flexibility index (Phi) is 11.9. The fourth-order valence-electron chi connectivity index (χ4n) is 2.86. The molecule has 26 heavy (non-hydrogen) atoms. The highest BCUT2D eigenvalue weighted by Gasteiger charge is 2.21. The van der Waals surface area contributed by atoms with Gasteiger partial charge in [-0.25, -0.2) is 4.99 Å². The van der Waals surface area contributed by atoms with E-state index >= 15 is 0 Å². The molecule has 0 aromatic carbocycles. The first-order valence-corrected chi connectivity index (χ1v) is 9.35. The Bertz CT molecular complexity index is 516. The molecule has 0 unspecified atom stereocenters. The Morgan fingerprint density at radius 2 is 2.12 bits per heavy atom. The third kappa shape index (κ3) is 7.79. The van der Waals surface area contributed by atoms with E-state index in [0.717, 1.165) is 75.9 Å². The highest BCUT2D eigenvalue weighted by Crippen LogP contribution is 2.15. The van der Waals surface area contributed by atoms with Crippen LogP contribution in [0.25, 0.3) is 0 Å². The quantitative estimate of drug-likeness (QED) is 0.254. The van der Waals surface area contributed by atoms with Crippen molar-refractivity contribution in [2.75, 3.05) is 40.0 Å². The van der Waals surface area contributed by atoms with Crippen molar-refractivity contribution in [2.24, 2.45) is 4.99 Å². The fraction of sp³-hybridized carbons (Fsp3) is 0.778. The van der Waals surface area contributed by atoms with Gasteiger partial charge in [0.15, 0.2) is 11.7 Å². The predicted octanol–water partition coefficient (Wildman–Crippen LogP) is 2.84. The lowest BCUT2D eigenvalue weighted by atomic mass is 10.1. The van der Waals surface area contributed by atoms with Crippen molar-refractivity contribution in [1.29, 1.82) is 0 Å². The van der Waals surface area contributed by atoms with Gasteiger partial charge < -0.3 is 24.2 Å². The lowest BCUT2D eigenvalue weighted by Gasteiger charge is -2.34. The Labute approximate surface area is 173 Å². The summed E-state index contributed by atoms with van der Waals surface area (Å²) in [4.78, 5) is 7.01. The van der Waals surface area contributed by atoms with Crippen LogP contribution in [0.2, 0.25) is 0 Å². The van der Waals surface area contributed by atoms with Gasteiger partial charge in [0.2, 0.25) is 0 Å². The molecule has 0 aliphatic carbocycles. The zero-order valence-electron chi connectivity index (χ0n) is 16.2. The molecule has 1 aliphatic heterocycles. The number of aromatic nitrogens is 1. The van der Waals surface area contributed by atoms with Gasteiger partial charge in [-0.15, -0.1) is 24.0 Å². The predicted molar refractivity (Wildman–Crippen MR) is 113 cm³/mol. The van der Waals surface area contributed by atoms with E-state index in [1.165, 1.54) is 0 Å². The number of halogens is 1. The number of aliphatic imine (C=N–C) groups is 1.